The van der Waals surface area contributed by atoms with Gasteiger partial charge in [0.05, 0.1) is 12.7 Å². The highest BCUT2D eigenvalue weighted by Crippen LogP contribution is 2.13. The van der Waals surface area contributed by atoms with Gasteiger partial charge in [0.1, 0.15) is 0 Å². The Labute approximate surface area is 112 Å². The van der Waals surface area contributed by atoms with Gasteiger partial charge in [0, 0.05) is 12.6 Å². The molecule has 0 saturated heterocycles. The molecule has 0 spiro atoms. The van der Waals surface area contributed by atoms with Crippen LogP contribution < -0.4 is 10.1 Å². The quantitative estimate of drug-likeness (QED) is 0.822. The minimum atomic E-state index is -0.0165. The minimum absolute atomic E-state index is 0.0165. The van der Waals surface area contributed by atoms with Crippen LogP contribution in [-0.4, -0.2) is 40.3 Å². The van der Waals surface area contributed by atoms with Gasteiger partial charge in [-0.25, -0.2) is 0 Å². The molecule has 1 rings (SSSR count). The van der Waals surface area contributed by atoms with Crippen molar-refractivity contribution in [2.24, 2.45) is 0 Å². The maximum Gasteiger partial charge on any atom is 0.322 e. The normalized spacial score (nSPS) is 12.6. The monoisotopic (exact) mass is 274 g/mol. The topological polar surface area (TPSA) is 69.2 Å². The molecule has 1 aromatic heterocycles. The summed E-state index contributed by atoms with van der Waals surface area (Å²) in [6.45, 7) is 8.94. The SMILES string of the molecule is CCOCC(C)Nc1nc(Cl)nc(OC(C)C)n1. The third kappa shape index (κ3) is 5.46. The van der Waals surface area contributed by atoms with E-state index in [1.54, 1.807) is 0 Å². The fourth-order valence-corrected chi connectivity index (χ4v) is 1.37. The molecule has 6 nitrogen and oxygen atoms in total. The molecule has 1 aromatic rings. The average molecular weight is 275 g/mol. The molecule has 0 fully saturated rings. The van der Waals surface area contributed by atoms with Crippen molar-refractivity contribution in [3.05, 3.63) is 5.28 Å². The first-order valence-corrected chi connectivity index (χ1v) is 6.31. The van der Waals surface area contributed by atoms with Crippen LogP contribution in [0.3, 0.4) is 0 Å². The van der Waals surface area contributed by atoms with Crippen molar-refractivity contribution in [2.45, 2.75) is 39.8 Å². The molecule has 0 aliphatic carbocycles. The van der Waals surface area contributed by atoms with Gasteiger partial charge in [-0.05, 0) is 39.3 Å². The van der Waals surface area contributed by atoms with Crippen LogP contribution >= 0.6 is 11.6 Å². The molecule has 1 unspecified atom stereocenters. The first-order valence-electron chi connectivity index (χ1n) is 5.93. The Balaban J connectivity index is 2.67. The van der Waals surface area contributed by atoms with Gasteiger partial charge >= 0.3 is 6.01 Å². The van der Waals surface area contributed by atoms with E-state index in [1.165, 1.54) is 0 Å². The van der Waals surface area contributed by atoms with Crippen molar-refractivity contribution >= 4 is 17.5 Å². The minimum Gasteiger partial charge on any atom is -0.461 e. The van der Waals surface area contributed by atoms with Crippen LogP contribution in [0.1, 0.15) is 27.7 Å². The Morgan fingerprint density at radius 1 is 1.22 bits per heavy atom. The predicted octanol–water partition coefficient (Wildman–Crippen LogP) is 2.15. The number of rotatable bonds is 7. The molecule has 0 saturated carbocycles. The van der Waals surface area contributed by atoms with Crippen LogP contribution in [0.5, 0.6) is 6.01 Å². The lowest BCUT2D eigenvalue weighted by molar-refractivity contribution is 0.141. The summed E-state index contributed by atoms with van der Waals surface area (Å²) in [6.07, 6.45) is -0.0165. The summed E-state index contributed by atoms with van der Waals surface area (Å²) in [6, 6.07) is 0.298. The number of nitrogens with zero attached hydrogens (tertiary/aromatic N) is 3. The second-order valence-corrected chi connectivity index (χ2v) is 4.42. The molecule has 0 aliphatic heterocycles. The smallest absolute Gasteiger partial charge is 0.322 e. The zero-order chi connectivity index (χ0) is 13.5. The van der Waals surface area contributed by atoms with E-state index in [-0.39, 0.29) is 23.4 Å². The second kappa shape index (κ2) is 7.33. The van der Waals surface area contributed by atoms with Crippen molar-refractivity contribution in [3.8, 4) is 6.01 Å². The lowest BCUT2D eigenvalue weighted by atomic mass is 10.4. The first kappa shape index (κ1) is 14.9. The highest BCUT2D eigenvalue weighted by atomic mass is 35.5. The van der Waals surface area contributed by atoms with E-state index in [1.807, 2.05) is 27.7 Å². The Hall–Kier alpha value is -1.14. The largest absolute Gasteiger partial charge is 0.461 e. The average Bonchev–Trinajstić information content (AvgIpc) is 2.24. The second-order valence-electron chi connectivity index (χ2n) is 4.08. The van der Waals surface area contributed by atoms with Crippen molar-refractivity contribution in [3.63, 3.8) is 0 Å². The predicted molar refractivity (Wildman–Crippen MR) is 70.2 cm³/mol. The van der Waals surface area contributed by atoms with Crippen LogP contribution in [-0.2, 0) is 4.74 Å². The molecule has 0 bridgehead atoms. The van der Waals surface area contributed by atoms with Crippen LogP contribution in [0, 0.1) is 0 Å². The summed E-state index contributed by atoms with van der Waals surface area (Å²) < 4.78 is 10.7. The molecule has 7 heteroatoms. The number of nitrogens with one attached hydrogen (secondary N) is 1. The maximum absolute atomic E-state index is 5.81. The number of aromatic nitrogens is 3. The number of hydrogen-bond donors (Lipinski definition) is 1. The van der Waals surface area contributed by atoms with Gasteiger partial charge in [-0.2, -0.15) is 15.0 Å². The number of halogens is 1. The van der Waals surface area contributed by atoms with E-state index in [9.17, 15) is 0 Å². The molecule has 0 radical (unpaired) electrons. The van der Waals surface area contributed by atoms with Gasteiger partial charge in [-0.15, -0.1) is 0 Å². The van der Waals surface area contributed by atoms with Gasteiger partial charge < -0.3 is 14.8 Å². The highest BCUT2D eigenvalue weighted by Gasteiger charge is 2.10. The summed E-state index contributed by atoms with van der Waals surface area (Å²) in [5, 5.41) is 3.18. The summed E-state index contributed by atoms with van der Waals surface area (Å²) in [5.74, 6) is 0.387. The molecule has 0 amide bonds. The Morgan fingerprint density at radius 2 is 1.94 bits per heavy atom. The van der Waals surface area contributed by atoms with Gasteiger partial charge in [0.25, 0.3) is 0 Å². The lowest BCUT2D eigenvalue weighted by Crippen LogP contribution is -2.23. The zero-order valence-electron chi connectivity index (χ0n) is 11.1. The van der Waals surface area contributed by atoms with Gasteiger partial charge in [0.2, 0.25) is 11.2 Å². The number of hydrogen-bond acceptors (Lipinski definition) is 6. The molecular formula is C11H19ClN4O2. The molecule has 18 heavy (non-hydrogen) atoms. The van der Waals surface area contributed by atoms with Crippen molar-refractivity contribution in [2.75, 3.05) is 18.5 Å². The van der Waals surface area contributed by atoms with Crippen LogP contribution in [0.15, 0.2) is 0 Å². The third-order valence-electron chi connectivity index (χ3n) is 1.88. The fraction of sp³-hybridized carbons (Fsp3) is 0.727. The van der Waals surface area contributed by atoms with E-state index < -0.39 is 0 Å². The third-order valence-corrected chi connectivity index (χ3v) is 2.05. The molecule has 0 aromatic carbocycles. The molecule has 102 valence electrons. The Kier molecular flexibility index (Phi) is 6.07. The Morgan fingerprint density at radius 3 is 2.56 bits per heavy atom. The summed E-state index contributed by atoms with van der Waals surface area (Å²) in [4.78, 5) is 12.0. The summed E-state index contributed by atoms with van der Waals surface area (Å²) in [5.41, 5.74) is 0. The van der Waals surface area contributed by atoms with Crippen molar-refractivity contribution in [1.82, 2.24) is 15.0 Å². The number of ether oxygens (including phenoxy) is 2. The molecule has 1 atom stereocenters. The first-order chi connectivity index (χ1) is 8.51. The molecule has 0 aliphatic rings. The molecule has 1 heterocycles. The standard InChI is InChI=1S/C11H19ClN4O2/c1-5-17-6-8(4)13-10-14-9(12)15-11(16-10)18-7(2)3/h7-8H,5-6H2,1-4H3,(H,13,14,15,16). The zero-order valence-corrected chi connectivity index (χ0v) is 11.9. The van der Waals surface area contributed by atoms with Gasteiger partial charge in [-0.3, -0.25) is 0 Å². The van der Waals surface area contributed by atoms with Gasteiger partial charge in [-0.1, -0.05) is 0 Å². The summed E-state index contributed by atoms with van der Waals surface area (Å²) in [7, 11) is 0. The molecule has 1 N–H and O–H groups in total. The Bertz CT molecular complexity index is 376. The van der Waals surface area contributed by atoms with E-state index in [0.717, 1.165) is 0 Å². The van der Waals surface area contributed by atoms with E-state index in [2.05, 4.69) is 20.3 Å². The van der Waals surface area contributed by atoms with Crippen molar-refractivity contribution < 1.29 is 9.47 Å². The number of anilines is 1. The van der Waals surface area contributed by atoms with Crippen LogP contribution in [0.25, 0.3) is 0 Å². The highest BCUT2D eigenvalue weighted by molar-refractivity contribution is 6.28. The van der Waals surface area contributed by atoms with Gasteiger partial charge in [0.15, 0.2) is 0 Å². The fourth-order valence-electron chi connectivity index (χ4n) is 1.22. The molecular weight excluding hydrogens is 256 g/mol. The summed E-state index contributed by atoms with van der Waals surface area (Å²) >= 11 is 5.81. The maximum atomic E-state index is 5.81. The van der Waals surface area contributed by atoms with E-state index in [4.69, 9.17) is 21.1 Å². The lowest BCUT2D eigenvalue weighted by Gasteiger charge is -2.14. The van der Waals surface area contributed by atoms with Crippen molar-refractivity contribution in [1.29, 1.82) is 0 Å². The van der Waals surface area contributed by atoms with Crippen LogP contribution in [0.2, 0.25) is 5.28 Å². The van der Waals surface area contributed by atoms with Crippen LogP contribution in [0.4, 0.5) is 5.95 Å². The van der Waals surface area contributed by atoms with E-state index in [0.29, 0.717) is 19.2 Å². The van der Waals surface area contributed by atoms with E-state index >= 15 is 0 Å².